The van der Waals surface area contributed by atoms with Gasteiger partial charge >= 0.3 is 0 Å². The van der Waals surface area contributed by atoms with E-state index in [9.17, 15) is 17.6 Å². The molecule has 2 aliphatic heterocycles. The Labute approximate surface area is 191 Å². The zero-order valence-corrected chi connectivity index (χ0v) is 19.7. The number of piperidine rings is 1. The first kappa shape index (κ1) is 23.2. The Balaban J connectivity index is 1.49. The third-order valence-corrected chi connectivity index (χ3v) is 8.71. The molecule has 0 radical (unpaired) electrons. The summed E-state index contributed by atoms with van der Waals surface area (Å²) in [5, 5.41) is 12.1. The zero-order chi connectivity index (χ0) is 22.8. The number of benzene rings is 1. The topological polar surface area (TPSA) is 97.2 Å². The summed E-state index contributed by atoms with van der Waals surface area (Å²) in [4.78, 5) is 14.9. The van der Waals surface area contributed by atoms with Crippen molar-refractivity contribution < 1.29 is 17.6 Å². The number of carbonyl (C=O) groups excluding carboxylic acids is 1. The molecule has 4 rings (SSSR count). The molecule has 1 aromatic heterocycles. The maximum atomic E-state index is 13.5. The van der Waals surface area contributed by atoms with Crippen LogP contribution < -0.4 is 5.32 Å². The summed E-state index contributed by atoms with van der Waals surface area (Å²) in [5.74, 6) is 0.306. The van der Waals surface area contributed by atoms with E-state index < -0.39 is 15.4 Å². The number of likely N-dealkylation sites (tertiary alicyclic amines) is 1. The molecule has 174 valence electrons. The third kappa shape index (κ3) is 5.68. The maximum Gasteiger partial charge on any atom is 0.230 e. The summed E-state index contributed by atoms with van der Waals surface area (Å²) in [7, 11) is -3.11. The molecule has 2 aliphatic rings. The Bertz CT molecular complexity index is 1070. The van der Waals surface area contributed by atoms with Crippen molar-refractivity contribution in [2.24, 2.45) is 0 Å². The molecule has 1 amide bonds. The maximum absolute atomic E-state index is 13.5. The van der Waals surface area contributed by atoms with E-state index in [-0.39, 0.29) is 29.0 Å². The van der Waals surface area contributed by atoms with Crippen LogP contribution in [-0.4, -0.2) is 69.9 Å². The normalized spacial score (nSPS) is 23.3. The van der Waals surface area contributed by atoms with Crippen LogP contribution in [0.15, 0.2) is 29.4 Å². The average Bonchev–Trinajstić information content (AvgIpc) is 3.27. The third-order valence-electron chi connectivity index (χ3n) is 5.88. The molecule has 1 aromatic carbocycles. The van der Waals surface area contributed by atoms with Crippen LogP contribution in [0.4, 0.5) is 4.39 Å². The summed E-state index contributed by atoms with van der Waals surface area (Å²) in [6, 6.07) is 6.13. The Hall–Kier alpha value is -1.98. The van der Waals surface area contributed by atoms with Gasteiger partial charge in [-0.15, -0.1) is 10.2 Å². The minimum atomic E-state index is -3.11. The van der Waals surface area contributed by atoms with E-state index in [1.165, 1.54) is 30.3 Å². The smallest absolute Gasteiger partial charge is 0.230 e. The van der Waals surface area contributed by atoms with Crippen molar-refractivity contribution in [3.05, 3.63) is 35.9 Å². The van der Waals surface area contributed by atoms with Crippen LogP contribution in [-0.2, 0) is 21.2 Å². The summed E-state index contributed by atoms with van der Waals surface area (Å²) in [5.41, 5.74) is 0.000678. The van der Waals surface area contributed by atoms with Crippen molar-refractivity contribution >= 4 is 27.5 Å². The van der Waals surface area contributed by atoms with E-state index in [0.29, 0.717) is 18.1 Å². The van der Waals surface area contributed by atoms with Gasteiger partial charge < -0.3 is 5.32 Å². The van der Waals surface area contributed by atoms with Gasteiger partial charge in [0.25, 0.3) is 0 Å². The number of hydrogen-bond donors (Lipinski definition) is 1. The first-order valence-electron chi connectivity index (χ1n) is 10.8. The number of halogens is 1. The van der Waals surface area contributed by atoms with Gasteiger partial charge in [-0.2, -0.15) is 0 Å². The van der Waals surface area contributed by atoms with Crippen LogP contribution in [0.5, 0.6) is 0 Å². The predicted molar refractivity (Wildman–Crippen MR) is 121 cm³/mol. The highest BCUT2D eigenvalue weighted by atomic mass is 32.2. The molecule has 0 bridgehead atoms. The number of aromatic nitrogens is 3. The number of amides is 1. The number of nitrogens with zero attached hydrogens (tertiary/aromatic N) is 4. The number of carbonyl (C=O) groups is 1. The molecule has 0 aliphatic carbocycles. The minimum absolute atomic E-state index is 0.0395. The highest BCUT2D eigenvalue weighted by Gasteiger charge is 2.39. The molecule has 2 saturated heterocycles. The van der Waals surface area contributed by atoms with E-state index in [0.717, 1.165) is 37.4 Å². The average molecular weight is 482 g/mol. The predicted octanol–water partition coefficient (Wildman–Crippen LogP) is 2.18. The molecule has 0 spiro atoms. The molecule has 3 heterocycles. The molecular weight excluding hydrogens is 453 g/mol. The Morgan fingerprint density at radius 3 is 2.56 bits per heavy atom. The SMILES string of the molecule is CC1(NC(=O)CSc2nnc(CN3CCCCC3)n2-c2ccc(F)cc2)CCS(=O)(=O)C1. The van der Waals surface area contributed by atoms with Crippen molar-refractivity contribution in [1.82, 2.24) is 25.0 Å². The standard InChI is InChI=1S/C21H28FN5O3S2/c1-21(9-12-32(29,30)15-21)23-19(28)14-31-20-25-24-18(13-26-10-3-2-4-11-26)27(20)17-7-5-16(22)6-8-17/h5-8H,2-4,9-15H2,1H3,(H,23,28). The highest BCUT2D eigenvalue weighted by molar-refractivity contribution is 7.99. The lowest BCUT2D eigenvalue weighted by Crippen LogP contribution is -2.47. The molecule has 2 aromatic rings. The largest absolute Gasteiger partial charge is 0.349 e. The van der Waals surface area contributed by atoms with Crippen LogP contribution >= 0.6 is 11.8 Å². The highest BCUT2D eigenvalue weighted by Crippen LogP contribution is 2.26. The lowest BCUT2D eigenvalue weighted by Gasteiger charge is -2.26. The van der Waals surface area contributed by atoms with Crippen LogP contribution in [0, 0.1) is 5.82 Å². The molecule has 1 N–H and O–H groups in total. The summed E-state index contributed by atoms with van der Waals surface area (Å²) in [6.07, 6.45) is 3.96. The number of nitrogens with one attached hydrogen (secondary N) is 1. The van der Waals surface area contributed by atoms with Crippen LogP contribution in [0.25, 0.3) is 5.69 Å². The van der Waals surface area contributed by atoms with Crippen molar-refractivity contribution in [2.45, 2.75) is 49.8 Å². The Kier molecular flexibility index (Phi) is 6.87. The van der Waals surface area contributed by atoms with Gasteiger partial charge in [-0.3, -0.25) is 14.3 Å². The first-order valence-corrected chi connectivity index (χ1v) is 13.6. The fourth-order valence-electron chi connectivity index (χ4n) is 4.28. The number of sulfone groups is 1. The lowest BCUT2D eigenvalue weighted by atomic mass is 10.0. The van der Waals surface area contributed by atoms with Gasteiger partial charge in [0, 0.05) is 5.69 Å². The number of thioether (sulfide) groups is 1. The van der Waals surface area contributed by atoms with E-state index in [2.05, 4.69) is 20.4 Å². The monoisotopic (exact) mass is 481 g/mol. The second-order valence-corrected chi connectivity index (χ2v) is 11.9. The van der Waals surface area contributed by atoms with E-state index in [1.807, 2.05) is 4.57 Å². The lowest BCUT2D eigenvalue weighted by molar-refractivity contribution is -0.120. The Morgan fingerprint density at radius 1 is 1.19 bits per heavy atom. The van der Waals surface area contributed by atoms with E-state index in [1.54, 1.807) is 19.1 Å². The number of rotatable bonds is 7. The second-order valence-electron chi connectivity index (χ2n) is 8.79. The van der Waals surface area contributed by atoms with Crippen molar-refractivity contribution in [3.8, 4) is 5.69 Å². The van der Waals surface area contributed by atoms with E-state index in [4.69, 9.17) is 0 Å². The molecule has 32 heavy (non-hydrogen) atoms. The van der Waals surface area contributed by atoms with Gasteiger partial charge in [-0.05, 0) is 63.5 Å². The molecule has 2 fully saturated rings. The molecule has 1 unspecified atom stereocenters. The Morgan fingerprint density at radius 2 is 1.91 bits per heavy atom. The van der Waals surface area contributed by atoms with Gasteiger partial charge in [0.15, 0.2) is 20.8 Å². The van der Waals surface area contributed by atoms with Gasteiger partial charge in [0.2, 0.25) is 5.91 Å². The van der Waals surface area contributed by atoms with Crippen LogP contribution in [0.3, 0.4) is 0 Å². The van der Waals surface area contributed by atoms with Crippen molar-refractivity contribution in [1.29, 1.82) is 0 Å². The zero-order valence-electron chi connectivity index (χ0n) is 18.1. The van der Waals surface area contributed by atoms with E-state index >= 15 is 0 Å². The van der Waals surface area contributed by atoms with Crippen LogP contribution in [0.1, 0.15) is 38.4 Å². The molecular formula is C21H28FN5O3S2. The molecule has 11 heteroatoms. The summed E-state index contributed by atoms with van der Waals surface area (Å²) >= 11 is 1.23. The van der Waals surface area contributed by atoms with Gasteiger partial charge in [-0.25, -0.2) is 12.8 Å². The number of hydrogen-bond acceptors (Lipinski definition) is 7. The fourth-order valence-corrected chi connectivity index (χ4v) is 7.14. The van der Waals surface area contributed by atoms with Gasteiger partial charge in [0.1, 0.15) is 5.82 Å². The van der Waals surface area contributed by atoms with Gasteiger partial charge in [-0.1, -0.05) is 18.2 Å². The molecule has 0 saturated carbocycles. The van der Waals surface area contributed by atoms with Crippen molar-refractivity contribution in [3.63, 3.8) is 0 Å². The van der Waals surface area contributed by atoms with Gasteiger partial charge in [0.05, 0.1) is 29.3 Å². The molecule has 1 atom stereocenters. The minimum Gasteiger partial charge on any atom is -0.349 e. The summed E-state index contributed by atoms with van der Waals surface area (Å²) in [6.45, 7) is 4.40. The van der Waals surface area contributed by atoms with Crippen LogP contribution in [0.2, 0.25) is 0 Å². The van der Waals surface area contributed by atoms with Crippen molar-refractivity contribution in [2.75, 3.05) is 30.3 Å². The second kappa shape index (κ2) is 9.48. The first-order chi connectivity index (χ1) is 15.2. The summed E-state index contributed by atoms with van der Waals surface area (Å²) < 4.78 is 38.9. The molecule has 8 nitrogen and oxygen atoms in total. The quantitative estimate of drug-likeness (QED) is 0.606. The fraction of sp³-hybridized carbons (Fsp3) is 0.571.